The van der Waals surface area contributed by atoms with Gasteiger partial charge in [0.2, 0.25) is 5.76 Å². The minimum atomic E-state index is -0.318. The van der Waals surface area contributed by atoms with Gasteiger partial charge < -0.3 is 14.8 Å². The Kier molecular flexibility index (Phi) is 3.87. The van der Waals surface area contributed by atoms with Gasteiger partial charge in [0.25, 0.3) is 5.91 Å². The van der Waals surface area contributed by atoms with Gasteiger partial charge in [0.15, 0.2) is 0 Å². The van der Waals surface area contributed by atoms with Crippen molar-refractivity contribution in [1.29, 1.82) is 0 Å². The van der Waals surface area contributed by atoms with Crippen molar-refractivity contribution in [2.75, 3.05) is 18.5 Å². The van der Waals surface area contributed by atoms with Gasteiger partial charge in [-0.1, -0.05) is 12.1 Å². The van der Waals surface area contributed by atoms with Crippen LogP contribution >= 0.6 is 11.3 Å². The zero-order valence-electron chi connectivity index (χ0n) is 11.5. The highest BCUT2D eigenvalue weighted by atomic mass is 32.1. The zero-order chi connectivity index (χ0) is 14.7. The molecule has 0 atom stereocenters. The number of nitrogens with zero attached hydrogens (tertiary/aromatic N) is 1. The molecule has 0 saturated carbocycles. The molecule has 1 aliphatic heterocycles. The van der Waals surface area contributed by atoms with Crippen LogP contribution in [0.2, 0.25) is 0 Å². The highest BCUT2D eigenvalue weighted by Crippen LogP contribution is 2.24. The summed E-state index contributed by atoms with van der Waals surface area (Å²) >= 11 is 1.60. The third kappa shape index (κ3) is 3.22. The first-order valence-electron chi connectivity index (χ1n) is 6.51. The molecule has 0 unspecified atom stereocenters. The number of nitrogens with one attached hydrogen (secondary N) is 1. The van der Waals surface area contributed by atoms with Crippen molar-refractivity contribution in [1.82, 2.24) is 4.98 Å². The van der Waals surface area contributed by atoms with Crippen molar-refractivity contribution in [2.45, 2.75) is 6.92 Å². The summed E-state index contributed by atoms with van der Waals surface area (Å²) in [5.74, 6) is -0.127. The van der Waals surface area contributed by atoms with Crippen LogP contribution in [0.4, 0.5) is 5.69 Å². The summed E-state index contributed by atoms with van der Waals surface area (Å²) in [6, 6.07) is 7.55. The van der Waals surface area contributed by atoms with Crippen molar-refractivity contribution in [3.8, 4) is 11.3 Å². The van der Waals surface area contributed by atoms with Gasteiger partial charge in [0.1, 0.15) is 19.5 Å². The van der Waals surface area contributed by atoms with Gasteiger partial charge >= 0.3 is 0 Å². The Morgan fingerprint density at radius 3 is 3.00 bits per heavy atom. The molecule has 2 heterocycles. The number of ether oxygens (including phenoxy) is 2. The third-order valence-corrected chi connectivity index (χ3v) is 3.68. The van der Waals surface area contributed by atoms with E-state index < -0.39 is 0 Å². The van der Waals surface area contributed by atoms with E-state index in [1.165, 1.54) is 6.26 Å². The summed E-state index contributed by atoms with van der Waals surface area (Å²) < 4.78 is 10.3. The Hall–Kier alpha value is -2.34. The fourth-order valence-corrected chi connectivity index (χ4v) is 2.55. The average Bonchev–Trinajstić information content (AvgIpc) is 2.95. The van der Waals surface area contributed by atoms with E-state index in [9.17, 15) is 4.79 Å². The van der Waals surface area contributed by atoms with E-state index in [1.807, 2.05) is 36.6 Å². The van der Waals surface area contributed by atoms with E-state index in [4.69, 9.17) is 9.47 Å². The second-order valence-corrected chi connectivity index (χ2v) is 5.55. The summed E-state index contributed by atoms with van der Waals surface area (Å²) in [6.45, 7) is 2.82. The van der Waals surface area contributed by atoms with Crippen molar-refractivity contribution in [2.24, 2.45) is 0 Å². The molecular weight excluding hydrogens is 288 g/mol. The van der Waals surface area contributed by atoms with Gasteiger partial charge in [-0.2, -0.15) is 0 Å². The molecule has 1 amide bonds. The molecule has 5 nitrogen and oxygen atoms in total. The van der Waals surface area contributed by atoms with Crippen LogP contribution in [0.1, 0.15) is 5.01 Å². The van der Waals surface area contributed by atoms with Crippen LogP contribution < -0.4 is 5.32 Å². The third-order valence-electron chi connectivity index (χ3n) is 2.91. The lowest BCUT2D eigenvalue weighted by molar-refractivity contribution is -0.117. The quantitative estimate of drug-likeness (QED) is 0.947. The van der Waals surface area contributed by atoms with Crippen LogP contribution in [-0.4, -0.2) is 24.1 Å². The molecule has 1 aromatic carbocycles. The summed E-state index contributed by atoms with van der Waals surface area (Å²) in [7, 11) is 0. The molecular formula is C15H14N2O3S. The number of hydrogen-bond donors (Lipinski definition) is 1. The van der Waals surface area contributed by atoms with Crippen LogP contribution in [-0.2, 0) is 14.3 Å². The summed E-state index contributed by atoms with van der Waals surface area (Å²) in [6.07, 6.45) is 1.34. The first-order valence-corrected chi connectivity index (χ1v) is 7.39. The van der Waals surface area contributed by atoms with E-state index in [0.29, 0.717) is 18.9 Å². The number of thiazole rings is 1. The number of rotatable bonds is 3. The van der Waals surface area contributed by atoms with E-state index in [-0.39, 0.29) is 11.7 Å². The predicted octanol–water partition coefficient (Wildman–Crippen LogP) is 2.95. The summed E-state index contributed by atoms with van der Waals surface area (Å²) in [5, 5.41) is 5.80. The van der Waals surface area contributed by atoms with Crippen LogP contribution in [0.5, 0.6) is 0 Å². The lowest BCUT2D eigenvalue weighted by Gasteiger charge is -2.15. The Morgan fingerprint density at radius 1 is 1.38 bits per heavy atom. The maximum Gasteiger partial charge on any atom is 0.294 e. The molecule has 1 N–H and O–H groups in total. The molecule has 1 aliphatic rings. The molecule has 0 bridgehead atoms. The SMILES string of the molecule is Cc1nc(-c2cccc(NC(=O)C3=COCCO3)c2)cs1. The Morgan fingerprint density at radius 2 is 2.29 bits per heavy atom. The molecule has 108 valence electrons. The molecule has 21 heavy (non-hydrogen) atoms. The maximum absolute atomic E-state index is 12.0. The largest absolute Gasteiger partial charge is 0.494 e. The van der Waals surface area contributed by atoms with Crippen LogP contribution in [0.15, 0.2) is 41.7 Å². The van der Waals surface area contributed by atoms with E-state index in [2.05, 4.69) is 10.3 Å². The van der Waals surface area contributed by atoms with Crippen LogP contribution in [0.25, 0.3) is 11.3 Å². The Balaban J connectivity index is 1.77. The van der Waals surface area contributed by atoms with Gasteiger partial charge in [-0.05, 0) is 19.1 Å². The number of aromatic nitrogens is 1. The number of aryl methyl sites for hydroxylation is 1. The summed E-state index contributed by atoms with van der Waals surface area (Å²) in [4.78, 5) is 16.5. The van der Waals surface area contributed by atoms with E-state index >= 15 is 0 Å². The number of amides is 1. The highest BCUT2D eigenvalue weighted by Gasteiger charge is 2.15. The highest BCUT2D eigenvalue weighted by molar-refractivity contribution is 7.09. The maximum atomic E-state index is 12.0. The van der Waals surface area contributed by atoms with Crippen LogP contribution in [0.3, 0.4) is 0 Å². The molecule has 0 radical (unpaired) electrons. The summed E-state index contributed by atoms with van der Waals surface area (Å²) in [5.41, 5.74) is 2.57. The molecule has 1 aromatic heterocycles. The molecule has 0 saturated heterocycles. The Labute approximate surface area is 126 Å². The zero-order valence-corrected chi connectivity index (χ0v) is 12.3. The fraction of sp³-hybridized carbons (Fsp3) is 0.200. The predicted molar refractivity (Wildman–Crippen MR) is 80.9 cm³/mol. The molecule has 0 aliphatic carbocycles. The van der Waals surface area contributed by atoms with E-state index in [1.54, 1.807) is 11.3 Å². The number of carbonyl (C=O) groups is 1. The fourth-order valence-electron chi connectivity index (χ4n) is 1.93. The normalized spacial score (nSPS) is 13.9. The van der Waals surface area contributed by atoms with Crippen molar-refractivity contribution < 1.29 is 14.3 Å². The van der Waals surface area contributed by atoms with Crippen molar-refractivity contribution in [3.63, 3.8) is 0 Å². The van der Waals surface area contributed by atoms with Crippen molar-refractivity contribution in [3.05, 3.63) is 46.7 Å². The first-order chi connectivity index (χ1) is 10.2. The van der Waals surface area contributed by atoms with Gasteiger partial charge in [-0.3, -0.25) is 4.79 Å². The molecule has 0 spiro atoms. The molecule has 3 rings (SSSR count). The minimum absolute atomic E-state index is 0.191. The second kappa shape index (κ2) is 5.97. The Bertz CT molecular complexity index is 694. The second-order valence-electron chi connectivity index (χ2n) is 4.49. The number of carbonyl (C=O) groups excluding carboxylic acids is 1. The lowest BCUT2D eigenvalue weighted by atomic mass is 10.1. The van der Waals surface area contributed by atoms with Gasteiger partial charge in [0.05, 0.1) is 10.7 Å². The lowest BCUT2D eigenvalue weighted by Crippen LogP contribution is -2.21. The van der Waals surface area contributed by atoms with Crippen molar-refractivity contribution >= 4 is 22.9 Å². The van der Waals surface area contributed by atoms with Gasteiger partial charge in [-0.25, -0.2) is 4.98 Å². The topological polar surface area (TPSA) is 60.5 Å². The van der Waals surface area contributed by atoms with E-state index in [0.717, 1.165) is 16.3 Å². The molecule has 6 heteroatoms. The number of benzene rings is 1. The number of anilines is 1. The van der Waals surface area contributed by atoms with Crippen LogP contribution in [0, 0.1) is 6.92 Å². The standard InChI is InChI=1S/C15H14N2O3S/c1-10-16-13(9-21-10)11-3-2-4-12(7-11)17-15(18)14-8-19-5-6-20-14/h2-4,7-9H,5-6H2,1H3,(H,17,18). The molecule has 0 fully saturated rings. The number of hydrogen-bond acceptors (Lipinski definition) is 5. The average molecular weight is 302 g/mol. The molecule has 2 aromatic rings. The minimum Gasteiger partial charge on any atom is -0.494 e. The first kappa shape index (κ1) is 13.6. The van der Waals surface area contributed by atoms with Gasteiger partial charge in [0, 0.05) is 16.6 Å². The monoisotopic (exact) mass is 302 g/mol. The van der Waals surface area contributed by atoms with Gasteiger partial charge in [-0.15, -0.1) is 11.3 Å². The smallest absolute Gasteiger partial charge is 0.294 e.